The van der Waals surface area contributed by atoms with E-state index >= 15 is 0 Å². The molecule has 0 atom stereocenters. The highest BCUT2D eigenvalue weighted by molar-refractivity contribution is 6.27. The molecule has 1 aromatic heterocycles. The molecule has 1 saturated heterocycles. The van der Waals surface area contributed by atoms with Gasteiger partial charge in [-0.3, -0.25) is 14.7 Å². The zero-order valence-electron chi connectivity index (χ0n) is 20.5. The Kier molecular flexibility index (Phi) is 8.91. The second-order valence-corrected chi connectivity index (χ2v) is 8.81. The van der Waals surface area contributed by atoms with Gasteiger partial charge in [-0.25, -0.2) is 9.59 Å². The summed E-state index contributed by atoms with van der Waals surface area (Å²) in [4.78, 5) is 40.4. The highest BCUT2D eigenvalue weighted by Crippen LogP contribution is 2.41. The fraction of sp³-hybridized carbons (Fsp3) is 0.286. The maximum Gasteiger partial charge on any atom is 0.414 e. The van der Waals surface area contributed by atoms with Gasteiger partial charge < -0.3 is 15.1 Å². The smallest absolute Gasteiger partial charge is 0.414 e. The van der Waals surface area contributed by atoms with E-state index < -0.39 is 17.5 Å². The molecule has 0 radical (unpaired) electrons. The van der Waals surface area contributed by atoms with Gasteiger partial charge in [-0.2, -0.15) is 0 Å². The van der Waals surface area contributed by atoms with Crippen molar-refractivity contribution >= 4 is 23.5 Å². The lowest BCUT2D eigenvalue weighted by molar-refractivity contribution is -0.159. The molecule has 36 heavy (non-hydrogen) atoms. The molecule has 8 nitrogen and oxygen atoms in total. The predicted molar refractivity (Wildman–Crippen MR) is 136 cm³/mol. The normalized spacial score (nSPS) is 14.7. The van der Waals surface area contributed by atoms with Crippen LogP contribution >= 0.6 is 0 Å². The number of hydrogen-bond acceptors (Lipinski definition) is 5. The minimum absolute atomic E-state index is 0.0565. The lowest BCUT2D eigenvalue weighted by Gasteiger charge is -2.48. The fourth-order valence-electron chi connectivity index (χ4n) is 4.62. The number of hydrogen-bond donors (Lipinski definition) is 2. The SMILES string of the molecule is CC(=O)N(c1ccccc1)C1(c2cc(C)ccn2)CCN(Cc2ccccc2)CC1.O=C(O)C(=O)O. The molecule has 2 N–H and O–H groups in total. The van der Waals surface area contributed by atoms with E-state index in [1.165, 1.54) is 11.1 Å². The molecule has 0 bridgehead atoms. The third-order valence-corrected chi connectivity index (χ3v) is 6.26. The van der Waals surface area contributed by atoms with Crippen LogP contribution < -0.4 is 4.90 Å². The quantitative estimate of drug-likeness (QED) is 0.519. The Morgan fingerprint density at radius 3 is 1.97 bits per heavy atom. The van der Waals surface area contributed by atoms with Gasteiger partial charge in [0.2, 0.25) is 5.91 Å². The Morgan fingerprint density at radius 1 is 0.917 bits per heavy atom. The van der Waals surface area contributed by atoms with E-state index in [0.717, 1.165) is 43.9 Å². The van der Waals surface area contributed by atoms with E-state index in [-0.39, 0.29) is 5.91 Å². The van der Waals surface area contributed by atoms with Crippen LogP contribution in [0.4, 0.5) is 5.69 Å². The molecule has 0 aliphatic carbocycles. The average molecular weight is 490 g/mol. The van der Waals surface area contributed by atoms with E-state index in [0.29, 0.717) is 0 Å². The summed E-state index contributed by atoms with van der Waals surface area (Å²) >= 11 is 0. The topological polar surface area (TPSA) is 111 Å². The summed E-state index contributed by atoms with van der Waals surface area (Å²) in [5.74, 6) is -3.59. The first-order chi connectivity index (χ1) is 17.2. The Balaban J connectivity index is 0.000000538. The van der Waals surface area contributed by atoms with E-state index in [1.807, 2.05) is 47.5 Å². The van der Waals surface area contributed by atoms with E-state index in [2.05, 4.69) is 48.2 Å². The predicted octanol–water partition coefficient (Wildman–Crippen LogP) is 4.09. The third-order valence-electron chi connectivity index (χ3n) is 6.26. The van der Waals surface area contributed by atoms with Crippen molar-refractivity contribution in [2.45, 2.75) is 38.8 Å². The molecule has 0 saturated carbocycles. The summed E-state index contributed by atoms with van der Waals surface area (Å²) in [7, 11) is 0. The third kappa shape index (κ3) is 6.55. The van der Waals surface area contributed by atoms with Gasteiger partial charge in [-0.15, -0.1) is 0 Å². The van der Waals surface area contributed by atoms with Gasteiger partial charge >= 0.3 is 11.9 Å². The number of amides is 1. The zero-order chi connectivity index (χ0) is 26.1. The van der Waals surface area contributed by atoms with Gasteiger partial charge in [0.05, 0.1) is 11.2 Å². The van der Waals surface area contributed by atoms with Gasteiger partial charge in [-0.1, -0.05) is 48.5 Å². The number of aliphatic carboxylic acids is 2. The molecule has 0 spiro atoms. The highest BCUT2D eigenvalue weighted by atomic mass is 16.4. The van der Waals surface area contributed by atoms with Crippen molar-refractivity contribution in [1.82, 2.24) is 9.88 Å². The van der Waals surface area contributed by atoms with Crippen LogP contribution in [0.1, 0.15) is 36.6 Å². The van der Waals surface area contributed by atoms with Crippen LogP contribution in [0.3, 0.4) is 0 Å². The summed E-state index contributed by atoms with van der Waals surface area (Å²) in [5.41, 5.74) is 3.98. The van der Waals surface area contributed by atoms with E-state index in [9.17, 15) is 4.79 Å². The summed E-state index contributed by atoms with van der Waals surface area (Å²) in [5, 5.41) is 14.8. The lowest BCUT2D eigenvalue weighted by Crippen LogP contribution is -2.55. The molecule has 3 aromatic rings. The van der Waals surface area contributed by atoms with Crippen LogP contribution in [0.15, 0.2) is 79.0 Å². The summed E-state index contributed by atoms with van der Waals surface area (Å²) in [6.07, 6.45) is 3.57. The molecule has 8 heteroatoms. The summed E-state index contributed by atoms with van der Waals surface area (Å²) in [6.45, 7) is 6.52. The van der Waals surface area contributed by atoms with Crippen LogP contribution in [-0.4, -0.2) is 51.0 Å². The Morgan fingerprint density at radius 2 is 1.47 bits per heavy atom. The number of rotatable bonds is 5. The molecule has 1 aliphatic heterocycles. The second-order valence-electron chi connectivity index (χ2n) is 8.81. The number of piperidine rings is 1. The number of anilines is 1. The Labute approximate surface area is 210 Å². The zero-order valence-corrected chi connectivity index (χ0v) is 20.5. The van der Waals surface area contributed by atoms with Gasteiger partial charge in [0.1, 0.15) is 0 Å². The number of pyridine rings is 1. The molecule has 1 fully saturated rings. The second kappa shape index (κ2) is 12.1. The van der Waals surface area contributed by atoms with Crippen molar-refractivity contribution in [3.05, 3.63) is 95.8 Å². The summed E-state index contributed by atoms with van der Waals surface area (Å²) in [6, 6.07) is 24.8. The first-order valence-corrected chi connectivity index (χ1v) is 11.7. The number of carboxylic acid groups (broad SMARTS) is 2. The van der Waals surface area contributed by atoms with Gasteiger partial charge in [-0.05, 0) is 55.2 Å². The van der Waals surface area contributed by atoms with Crippen LogP contribution in [0.5, 0.6) is 0 Å². The average Bonchev–Trinajstić information content (AvgIpc) is 2.87. The number of para-hydroxylation sites is 1. The molecule has 2 aromatic carbocycles. The number of benzene rings is 2. The van der Waals surface area contributed by atoms with Crippen molar-refractivity contribution in [2.24, 2.45) is 0 Å². The first kappa shape index (κ1) is 26.6. The lowest BCUT2D eigenvalue weighted by atomic mass is 9.81. The van der Waals surface area contributed by atoms with Crippen LogP contribution in [0.2, 0.25) is 0 Å². The number of aromatic nitrogens is 1. The van der Waals surface area contributed by atoms with Crippen LogP contribution in [0.25, 0.3) is 0 Å². The molecule has 1 amide bonds. The van der Waals surface area contributed by atoms with Crippen molar-refractivity contribution in [1.29, 1.82) is 0 Å². The highest BCUT2D eigenvalue weighted by Gasteiger charge is 2.44. The maximum absolute atomic E-state index is 13.0. The van der Waals surface area contributed by atoms with Gasteiger partial charge in [0, 0.05) is 38.4 Å². The monoisotopic (exact) mass is 489 g/mol. The van der Waals surface area contributed by atoms with E-state index in [4.69, 9.17) is 24.8 Å². The Bertz CT molecular complexity index is 1160. The number of aryl methyl sites for hydroxylation is 1. The van der Waals surface area contributed by atoms with Crippen molar-refractivity contribution < 1.29 is 24.6 Å². The maximum atomic E-state index is 13.0. The molecule has 188 valence electrons. The molecular weight excluding hydrogens is 458 g/mol. The Hall–Kier alpha value is -4.04. The van der Waals surface area contributed by atoms with Gasteiger partial charge in [0.25, 0.3) is 0 Å². The number of nitrogens with zero attached hydrogens (tertiary/aromatic N) is 3. The number of carbonyl (C=O) groups excluding carboxylic acids is 1. The molecule has 4 rings (SSSR count). The van der Waals surface area contributed by atoms with Crippen molar-refractivity contribution in [3.8, 4) is 0 Å². The first-order valence-electron chi connectivity index (χ1n) is 11.7. The number of carbonyl (C=O) groups is 3. The minimum Gasteiger partial charge on any atom is -0.473 e. The number of carboxylic acids is 2. The standard InChI is InChI=1S/C26H29N3O.C2H2O4/c1-21-13-16-27-25(19-21)26(29(22(2)30)24-11-7-4-8-12-24)14-17-28(18-15-26)20-23-9-5-3-6-10-23;3-1(4)2(5)6/h3-13,16,19H,14-15,17-18,20H2,1-2H3;(H,3,4)(H,5,6). The largest absolute Gasteiger partial charge is 0.473 e. The van der Waals surface area contributed by atoms with E-state index in [1.54, 1.807) is 6.92 Å². The van der Waals surface area contributed by atoms with Crippen LogP contribution in [-0.2, 0) is 26.5 Å². The molecular formula is C28H31N3O5. The fourth-order valence-corrected chi connectivity index (χ4v) is 4.62. The van der Waals surface area contributed by atoms with Crippen molar-refractivity contribution in [3.63, 3.8) is 0 Å². The summed E-state index contributed by atoms with van der Waals surface area (Å²) < 4.78 is 0. The van der Waals surface area contributed by atoms with Crippen molar-refractivity contribution in [2.75, 3.05) is 18.0 Å². The van der Waals surface area contributed by atoms with Crippen LogP contribution in [0, 0.1) is 6.92 Å². The van der Waals surface area contributed by atoms with Gasteiger partial charge in [0.15, 0.2) is 0 Å². The molecule has 1 aliphatic rings. The minimum atomic E-state index is -1.82. The molecule has 0 unspecified atom stereocenters. The number of likely N-dealkylation sites (tertiary alicyclic amines) is 1. The molecule has 2 heterocycles.